The molecule has 1 aromatic carbocycles. The Morgan fingerprint density at radius 1 is 1.21 bits per heavy atom. The Bertz CT molecular complexity index is 747. The molecule has 0 aliphatic carbocycles. The quantitative estimate of drug-likeness (QED) is 0.920. The minimum atomic E-state index is -0.140. The normalized spacial score (nSPS) is 28.8. The summed E-state index contributed by atoms with van der Waals surface area (Å²) in [6.45, 7) is 4.50. The summed E-state index contributed by atoms with van der Waals surface area (Å²) in [7, 11) is 0. The van der Waals surface area contributed by atoms with E-state index in [9.17, 15) is 4.79 Å². The van der Waals surface area contributed by atoms with Crippen LogP contribution in [0.25, 0.3) is 11.3 Å². The molecule has 0 radical (unpaired) electrons. The summed E-state index contributed by atoms with van der Waals surface area (Å²) in [6.07, 6.45) is 2.33. The molecule has 4 heterocycles. The summed E-state index contributed by atoms with van der Waals surface area (Å²) < 4.78 is 5.76. The van der Waals surface area contributed by atoms with Crippen LogP contribution in [0.4, 0.5) is 0 Å². The molecule has 3 saturated heterocycles. The average Bonchev–Trinajstić information content (AvgIpc) is 3.09. The molecule has 2 aromatic rings. The van der Waals surface area contributed by atoms with Crippen LogP contribution >= 0.6 is 11.6 Å². The van der Waals surface area contributed by atoms with Gasteiger partial charge in [0.25, 0.3) is 5.91 Å². The minimum Gasteiger partial charge on any atom is -0.451 e. The summed E-state index contributed by atoms with van der Waals surface area (Å²) in [6, 6.07) is 11.6. The Hall–Kier alpha value is -1.78. The van der Waals surface area contributed by atoms with Crippen molar-refractivity contribution >= 4 is 17.5 Å². The first-order valence-corrected chi connectivity index (χ1v) is 8.91. The van der Waals surface area contributed by atoms with Gasteiger partial charge in [-0.2, -0.15) is 0 Å². The monoisotopic (exact) mass is 344 g/mol. The van der Waals surface area contributed by atoms with E-state index in [-0.39, 0.29) is 11.9 Å². The Kier molecular flexibility index (Phi) is 4.10. The molecule has 1 N–H and O–H groups in total. The molecule has 0 unspecified atom stereocenters. The van der Waals surface area contributed by atoms with Gasteiger partial charge in [-0.05, 0) is 63.0 Å². The van der Waals surface area contributed by atoms with Crippen LogP contribution in [0, 0.1) is 5.92 Å². The Balaban J connectivity index is 1.51. The maximum Gasteiger partial charge on any atom is 0.287 e. The Morgan fingerprint density at radius 3 is 2.67 bits per heavy atom. The lowest BCUT2D eigenvalue weighted by molar-refractivity contribution is 0.0211. The third kappa shape index (κ3) is 2.74. The Labute approximate surface area is 146 Å². The van der Waals surface area contributed by atoms with Crippen molar-refractivity contribution in [2.75, 3.05) is 13.1 Å². The lowest BCUT2D eigenvalue weighted by Gasteiger charge is -2.49. The van der Waals surface area contributed by atoms with E-state index in [1.807, 2.05) is 24.3 Å². The first kappa shape index (κ1) is 15.7. The molecule has 3 aliphatic rings. The fourth-order valence-corrected chi connectivity index (χ4v) is 4.26. The van der Waals surface area contributed by atoms with Crippen LogP contribution in [-0.4, -0.2) is 36.0 Å². The molecular formula is C19H21ClN2O2. The van der Waals surface area contributed by atoms with Gasteiger partial charge >= 0.3 is 0 Å². The highest BCUT2D eigenvalue weighted by molar-refractivity contribution is 6.33. The molecule has 3 fully saturated rings. The molecule has 0 spiro atoms. The van der Waals surface area contributed by atoms with Gasteiger partial charge < -0.3 is 9.73 Å². The minimum absolute atomic E-state index is 0.140. The summed E-state index contributed by atoms with van der Waals surface area (Å²) in [5, 5.41) is 3.80. The zero-order chi connectivity index (χ0) is 16.7. The predicted octanol–water partition coefficient (Wildman–Crippen LogP) is 3.81. The lowest BCUT2D eigenvalue weighted by atomic mass is 9.79. The average molecular weight is 345 g/mol. The summed E-state index contributed by atoms with van der Waals surface area (Å²) >= 11 is 6.20. The SMILES string of the molecule is C[C@H]1[C@H](NC(=O)c2ccc(-c3ccccc3Cl)o2)C2CCN1CC2. The summed E-state index contributed by atoms with van der Waals surface area (Å²) in [4.78, 5) is 15.1. The number of nitrogens with one attached hydrogen (secondary N) is 1. The van der Waals surface area contributed by atoms with Crippen LogP contribution in [0.15, 0.2) is 40.8 Å². The van der Waals surface area contributed by atoms with Gasteiger partial charge in [-0.15, -0.1) is 0 Å². The number of carbonyl (C=O) groups is 1. The van der Waals surface area contributed by atoms with Crippen molar-refractivity contribution in [1.82, 2.24) is 10.2 Å². The van der Waals surface area contributed by atoms with E-state index in [4.69, 9.17) is 16.0 Å². The van der Waals surface area contributed by atoms with Crippen molar-refractivity contribution in [3.63, 3.8) is 0 Å². The molecule has 1 amide bonds. The zero-order valence-electron chi connectivity index (χ0n) is 13.7. The third-order valence-corrected chi connectivity index (χ3v) is 5.77. The molecular weight excluding hydrogens is 324 g/mol. The number of amides is 1. The van der Waals surface area contributed by atoms with Crippen molar-refractivity contribution in [2.24, 2.45) is 5.92 Å². The number of piperidine rings is 3. The third-order valence-electron chi connectivity index (χ3n) is 5.44. The van der Waals surface area contributed by atoms with Gasteiger partial charge in [0.2, 0.25) is 0 Å². The maximum atomic E-state index is 12.6. The molecule has 2 bridgehead atoms. The van der Waals surface area contributed by atoms with Crippen molar-refractivity contribution in [2.45, 2.75) is 31.8 Å². The van der Waals surface area contributed by atoms with Gasteiger partial charge in [-0.25, -0.2) is 0 Å². The van der Waals surface area contributed by atoms with E-state index >= 15 is 0 Å². The molecule has 1 aromatic heterocycles. The van der Waals surface area contributed by atoms with Crippen LogP contribution in [0.2, 0.25) is 5.02 Å². The largest absolute Gasteiger partial charge is 0.451 e. The van der Waals surface area contributed by atoms with Gasteiger partial charge in [0, 0.05) is 17.6 Å². The molecule has 24 heavy (non-hydrogen) atoms. The number of furan rings is 1. The van der Waals surface area contributed by atoms with E-state index in [2.05, 4.69) is 17.1 Å². The van der Waals surface area contributed by atoms with Crippen molar-refractivity contribution in [1.29, 1.82) is 0 Å². The molecule has 4 nitrogen and oxygen atoms in total. The fraction of sp³-hybridized carbons (Fsp3) is 0.421. The van der Waals surface area contributed by atoms with E-state index in [0.717, 1.165) is 31.5 Å². The topological polar surface area (TPSA) is 45.5 Å². The smallest absolute Gasteiger partial charge is 0.287 e. The number of hydrogen-bond acceptors (Lipinski definition) is 3. The first-order chi connectivity index (χ1) is 11.6. The number of benzene rings is 1. The number of fused-ring (bicyclic) bond motifs is 3. The maximum absolute atomic E-state index is 12.6. The van der Waals surface area contributed by atoms with Crippen LogP contribution in [0.1, 0.15) is 30.3 Å². The fourth-order valence-electron chi connectivity index (χ4n) is 4.03. The second-order valence-corrected chi connectivity index (χ2v) is 7.16. The number of carbonyl (C=O) groups excluding carboxylic acids is 1. The van der Waals surface area contributed by atoms with E-state index < -0.39 is 0 Å². The van der Waals surface area contributed by atoms with Crippen molar-refractivity contribution < 1.29 is 9.21 Å². The van der Waals surface area contributed by atoms with Crippen LogP contribution in [0.5, 0.6) is 0 Å². The summed E-state index contributed by atoms with van der Waals surface area (Å²) in [5.74, 6) is 1.40. The lowest BCUT2D eigenvalue weighted by Crippen LogP contribution is -2.62. The summed E-state index contributed by atoms with van der Waals surface area (Å²) in [5.41, 5.74) is 0.800. The second kappa shape index (κ2) is 6.26. The first-order valence-electron chi connectivity index (χ1n) is 8.53. The van der Waals surface area contributed by atoms with Crippen molar-refractivity contribution in [3.05, 3.63) is 47.2 Å². The van der Waals surface area contributed by atoms with Crippen LogP contribution in [0.3, 0.4) is 0 Å². The molecule has 5 rings (SSSR count). The molecule has 2 atom stereocenters. The van der Waals surface area contributed by atoms with E-state index in [1.165, 1.54) is 0 Å². The highest BCUT2D eigenvalue weighted by atomic mass is 35.5. The van der Waals surface area contributed by atoms with E-state index in [0.29, 0.717) is 28.5 Å². The molecule has 0 saturated carbocycles. The highest BCUT2D eigenvalue weighted by Crippen LogP contribution is 2.33. The van der Waals surface area contributed by atoms with Crippen molar-refractivity contribution in [3.8, 4) is 11.3 Å². The standard InChI is InChI=1S/C19H21ClN2O2/c1-12-18(13-8-10-22(12)11-9-13)21-19(23)17-7-6-16(24-17)14-4-2-3-5-15(14)20/h2-7,12-13,18H,8-11H2,1H3,(H,21,23)/t12-,18-/m0/s1. The van der Waals surface area contributed by atoms with Gasteiger partial charge in [0.15, 0.2) is 5.76 Å². The van der Waals surface area contributed by atoms with Crippen LogP contribution in [-0.2, 0) is 0 Å². The van der Waals surface area contributed by atoms with Gasteiger partial charge in [-0.3, -0.25) is 9.69 Å². The molecule has 5 heteroatoms. The van der Waals surface area contributed by atoms with Crippen LogP contribution < -0.4 is 5.32 Å². The number of halogens is 1. The zero-order valence-corrected chi connectivity index (χ0v) is 14.4. The number of rotatable bonds is 3. The second-order valence-electron chi connectivity index (χ2n) is 6.76. The van der Waals surface area contributed by atoms with Gasteiger partial charge in [-0.1, -0.05) is 23.7 Å². The van der Waals surface area contributed by atoms with Gasteiger partial charge in [0.1, 0.15) is 5.76 Å². The number of nitrogens with zero attached hydrogens (tertiary/aromatic N) is 1. The number of hydrogen-bond donors (Lipinski definition) is 1. The Morgan fingerprint density at radius 2 is 1.96 bits per heavy atom. The molecule has 126 valence electrons. The van der Waals surface area contributed by atoms with E-state index in [1.54, 1.807) is 12.1 Å². The molecule has 3 aliphatic heterocycles. The predicted molar refractivity (Wildman–Crippen MR) is 94.2 cm³/mol. The van der Waals surface area contributed by atoms with Gasteiger partial charge in [0.05, 0.1) is 5.02 Å². The highest BCUT2D eigenvalue weighted by Gasteiger charge is 2.40.